The van der Waals surface area contributed by atoms with Crippen LogP contribution in [0, 0.1) is 0 Å². The van der Waals surface area contributed by atoms with Gasteiger partial charge in [-0.3, -0.25) is 4.79 Å². The van der Waals surface area contributed by atoms with E-state index in [4.69, 9.17) is 5.73 Å². The summed E-state index contributed by atoms with van der Waals surface area (Å²) in [7, 11) is 0. The molecular weight excluding hydrogens is 140 g/mol. The van der Waals surface area contributed by atoms with Crippen LogP contribution in [-0.4, -0.2) is 19.0 Å². The van der Waals surface area contributed by atoms with E-state index < -0.39 is 0 Å². The van der Waals surface area contributed by atoms with Gasteiger partial charge in [0.25, 0.3) is 0 Å². The lowest BCUT2D eigenvalue weighted by molar-refractivity contribution is -0.118. The van der Waals surface area contributed by atoms with Crippen molar-refractivity contribution in [2.24, 2.45) is 5.73 Å². The molecule has 0 aromatic carbocycles. The number of unbranched alkanes of at least 4 members (excludes halogenated alkanes) is 1. The van der Waals surface area contributed by atoms with Crippen LogP contribution >= 0.6 is 0 Å². The number of nitrogens with one attached hydrogen (secondary N) is 1. The summed E-state index contributed by atoms with van der Waals surface area (Å²) in [5.74, 6) is 0.0343. The van der Waals surface area contributed by atoms with Crippen LogP contribution in [0.2, 0.25) is 0 Å². The molecular formula is C8H24N2O. The van der Waals surface area contributed by atoms with Gasteiger partial charge in [-0.25, -0.2) is 0 Å². The van der Waals surface area contributed by atoms with Crippen molar-refractivity contribution in [1.29, 1.82) is 0 Å². The van der Waals surface area contributed by atoms with E-state index in [0.29, 0.717) is 6.54 Å². The molecule has 0 unspecified atom stereocenters. The maximum Gasteiger partial charge on any atom is 0.216 e. The second kappa shape index (κ2) is 12.1. The van der Waals surface area contributed by atoms with E-state index in [1.807, 2.05) is 13.8 Å². The maximum absolute atomic E-state index is 10.3. The molecule has 0 aliphatic rings. The fraction of sp³-hybridized carbons (Fsp3) is 0.875. The molecule has 3 heteroatoms. The van der Waals surface area contributed by atoms with Crippen molar-refractivity contribution in [3.63, 3.8) is 0 Å². The summed E-state index contributed by atoms with van der Waals surface area (Å²) in [6.07, 6.45) is 1.97. The molecule has 0 aliphatic heterocycles. The summed E-state index contributed by atoms with van der Waals surface area (Å²) in [6.45, 7) is 6.98. The summed E-state index contributed by atoms with van der Waals surface area (Å²) in [4.78, 5) is 10.3. The van der Waals surface area contributed by atoms with Gasteiger partial charge in [-0.2, -0.15) is 0 Å². The van der Waals surface area contributed by atoms with Gasteiger partial charge in [-0.15, -0.1) is 0 Å². The van der Waals surface area contributed by atoms with Crippen molar-refractivity contribution in [3.05, 3.63) is 0 Å². The first-order valence-corrected chi connectivity index (χ1v) is 4.22. The van der Waals surface area contributed by atoms with E-state index in [9.17, 15) is 4.79 Å². The Balaban J connectivity index is -0.0000000941. The van der Waals surface area contributed by atoms with Crippen LogP contribution in [0.3, 0.4) is 0 Å². The van der Waals surface area contributed by atoms with Crippen LogP contribution in [0.1, 0.15) is 36.5 Å². The Morgan fingerprint density at radius 3 is 2.36 bits per heavy atom. The van der Waals surface area contributed by atoms with Gasteiger partial charge in [0, 0.05) is 16.3 Å². The number of rotatable bonds is 4. The number of carbonyl (C=O) groups is 1. The standard InChI is InChI=1S/C6H14N2O.C2H6.2H2/c1-6(9)8-5-3-2-4-7;1-2;;/h2-5,7H2,1H3,(H,8,9);1-2H3;2*1H. The maximum atomic E-state index is 10.3. The normalized spacial score (nSPS) is 8.00. The number of hydrogen-bond acceptors (Lipinski definition) is 2. The highest BCUT2D eigenvalue weighted by atomic mass is 16.1. The van der Waals surface area contributed by atoms with E-state index in [0.717, 1.165) is 19.4 Å². The molecule has 72 valence electrons. The second-order valence-electron chi connectivity index (χ2n) is 1.98. The summed E-state index contributed by atoms with van der Waals surface area (Å²) in [6, 6.07) is 0. The van der Waals surface area contributed by atoms with Crippen molar-refractivity contribution in [3.8, 4) is 0 Å². The highest BCUT2D eigenvalue weighted by Gasteiger charge is 1.87. The van der Waals surface area contributed by atoms with Gasteiger partial charge in [-0.05, 0) is 19.4 Å². The fourth-order valence-electron chi connectivity index (χ4n) is 0.534. The fourth-order valence-corrected chi connectivity index (χ4v) is 0.534. The lowest BCUT2D eigenvalue weighted by Gasteiger charge is -1.98. The van der Waals surface area contributed by atoms with E-state index in [2.05, 4.69) is 5.32 Å². The molecule has 0 aliphatic carbocycles. The predicted molar refractivity (Wildman–Crippen MR) is 52.5 cm³/mol. The Bertz CT molecular complexity index is 92.2. The molecule has 3 N–H and O–H groups in total. The van der Waals surface area contributed by atoms with Crippen molar-refractivity contribution in [2.45, 2.75) is 33.6 Å². The largest absolute Gasteiger partial charge is 0.356 e. The molecule has 0 rings (SSSR count). The minimum atomic E-state index is 0. The molecule has 0 saturated heterocycles. The summed E-state index contributed by atoms with van der Waals surface area (Å²) >= 11 is 0. The summed E-state index contributed by atoms with van der Waals surface area (Å²) < 4.78 is 0. The van der Waals surface area contributed by atoms with Crippen molar-refractivity contribution < 1.29 is 7.65 Å². The van der Waals surface area contributed by atoms with E-state index in [1.54, 1.807) is 0 Å². The molecule has 0 saturated carbocycles. The lowest BCUT2D eigenvalue weighted by Crippen LogP contribution is -2.21. The molecule has 0 atom stereocenters. The smallest absolute Gasteiger partial charge is 0.216 e. The SMILES string of the molecule is CC.CC(=O)NCCCCN.[HH].[HH]. The zero-order chi connectivity index (χ0) is 9.11. The molecule has 0 aromatic heterocycles. The monoisotopic (exact) mass is 164 g/mol. The van der Waals surface area contributed by atoms with E-state index in [-0.39, 0.29) is 8.76 Å². The minimum absolute atomic E-state index is 0. The molecule has 3 nitrogen and oxygen atoms in total. The summed E-state index contributed by atoms with van der Waals surface area (Å²) in [5, 5.41) is 2.69. The number of nitrogens with two attached hydrogens (primary N) is 1. The van der Waals surface area contributed by atoms with Crippen molar-refractivity contribution >= 4 is 5.91 Å². The highest BCUT2D eigenvalue weighted by molar-refractivity contribution is 5.72. The molecule has 0 spiro atoms. The molecule has 0 fully saturated rings. The first-order chi connectivity index (χ1) is 5.27. The van der Waals surface area contributed by atoms with Gasteiger partial charge in [-0.1, -0.05) is 13.8 Å². The third-order valence-electron chi connectivity index (χ3n) is 1.00. The van der Waals surface area contributed by atoms with Gasteiger partial charge in [0.2, 0.25) is 5.91 Å². The van der Waals surface area contributed by atoms with Crippen LogP contribution in [0.4, 0.5) is 0 Å². The molecule has 0 bridgehead atoms. The third kappa shape index (κ3) is 17.7. The van der Waals surface area contributed by atoms with Gasteiger partial charge < -0.3 is 11.1 Å². The van der Waals surface area contributed by atoms with Crippen LogP contribution < -0.4 is 11.1 Å². The second-order valence-corrected chi connectivity index (χ2v) is 1.98. The van der Waals surface area contributed by atoms with Crippen LogP contribution in [0.25, 0.3) is 0 Å². The molecule has 0 radical (unpaired) electrons. The van der Waals surface area contributed by atoms with Crippen LogP contribution in [0.5, 0.6) is 0 Å². The Labute approximate surface area is 72.3 Å². The third-order valence-corrected chi connectivity index (χ3v) is 1.00. The predicted octanol–water partition coefficient (Wildman–Crippen LogP) is 1.38. The number of carbonyl (C=O) groups excluding carboxylic acids is 1. The Morgan fingerprint density at radius 2 is 2.00 bits per heavy atom. The number of amides is 1. The van der Waals surface area contributed by atoms with Crippen molar-refractivity contribution in [1.82, 2.24) is 5.32 Å². The topological polar surface area (TPSA) is 55.1 Å². The van der Waals surface area contributed by atoms with Crippen molar-refractivity contribution in [2.75, 3.05) is 13.1 Å². The summed E-state index contributed by atoms with van der Waals surface area (Å²) in [5.41, 5.74) is 5.23. The van der Waals surface area contributed by atoms with Gasteiger partial charge in [0.05, 0.1) is 0 Å². The van der Waals surface area contributed by atoms with Crippen LogP contribution in [0.15, 0.2) is 0 Å². The molecule has 0 heterocycles. The van der Waals surface area contributed by atoms with E-state index in [1.165, 1.54) is 6.92 Å². The first kappa shape index (κ1) is 13.1. The average Bonchev–Trinajstić information content (AvgIpc) is 2.02. The highest BCUT2D eigenvalue weighted by Crippen LogP contribution is 1.81. The van der Waals surface area contributed by atoms with Crippen LogP contribution in [-0.2, 0) is 4.79 Å². The Morgan fingerprint density at radius 1 is 1.45 bits per heavy atom. The first-order valence-electron chi connectivity index (χ1n) is 4.22. The van der Waals surface area contributed by atoms with Gasteiger partial charge in [0.15, 0.2) is 0 Å². The van der Waals surface area contributed by atoms with Gasteiger partial charge >= 0.3 is 0 Å². The zero-order valence-corrected chi connectivity index (χ0v) is 7.81. The molecule has 1 amide bonds. The van der Waals surface area contributed by atoms with E-state index >= 15 is 0 Å². The Kier molecular flexibility index (Phi) is 14.4. The average molecular weight is 164 g/mol. The zero-order valence-electron chi connectivity index (χ0n) is 7.81. The molecule has 11 heavy (non-hydrogen) atoms. The number of hydrogen-bond donors (Lipinski definition) is 2. The minimum Gasteiger partial charge on any atom is -0.356 e. The Hall–Kier alpha value is -0.570. The lowest BCUT2D eigenvalue weighted by atomic mass is 10.3. The molecule has 0 aromatic rings. The van der Waals surface area contributed by atoms with Gasteiger partial charge in [0.1, 0.15) is 0 Å². The quantitative estimate of drug-likeness (QED) is 0.617.